The van der Waals surface area contributed by atoms with Gasteiger partial charge < -0.3 is 19.4 Å². The van der Waals surface area contributed by atoms with Gasteiger partial charge in [-0.05, 0) is 38.8 Å². The number of hydrogen-bond donors (Lipinski definition) is 1. The fraction of sp³-hybridized carbons (Fsp3) is 0.474. The molecule has 1 aromatic heterocycles. The molecule has 0 spiro atoms. The molecule has 1 N–H and O–H groups in total. The minimum absolute atomic E-state index is 0.191. The van der Waals surface area contributed by atoms with Crippen molar-refractivity contribution in [2.75, 3.05) is 32.8 Å². The zero-order valence-electron chi connectivity index (χ0n) is 15.8. The molecule has 0 amide bonds. The molecular formula is C19H27N3O3. The van der Waals surface area contributed by atoms with Gasteiger partial charge in [0.05, 0.1) is 24.9 Å². The molecule has 0 aliphatic rings. The number of ether oxygens (including phenoxy) is 2. The van der Waals surface area contributed by atoms with E-state index < -0.39 is 0 Å². The third-order valence-electron chi connectivity index (χ3n) is 4.08. The predicted molar refractivity (Wildman–Crippen MR) is 100.0 cm³/mol. The second kappa shape index (κ2) is 8.27. The molecule has 0 bridgehead atoms. The number of aromatic nitrogens is 2. The van der Waals surface area contributed by atoms with Gasteiger partial charge in [-0.1, -0.05) is 17.7 Å². The van der Waals surface area contributed by atoms with E-state index in [2.05, 4.69) is 29.4 Å². The lowest BCUT2D eigenvalue weighted by molar-refractivity contribution is 0.0878. The van der Waals surface area contributed by atoms with Crippen LogP contribution >= 0.6 is 0 Å². The molecule has 25 heavy (non-hydrogen) atoms. The maximum Gasteiger partial charge on any atom is 0.294 e. The van der Waals surface area contributed by atoms with Crippen molar-refractivity contribution in [3.8, 4) is 0 Å². The second-order valence-electron chi connectivity index (χ2n) is 6.41. The van der Waals surface area contributed by atoms with Gasteiger partial charge in [0, 0.05) is 26.1 Å². The molecule has 1 heterocycles. The zero-order chi connectivity index (χ0) is 18.6. The normalized spacial score (nSPS) is 11.2. The molecule has 0 saturated heterocycles. The molecule has 0 atom stereocenters. The van der Waals surface area contributed by atoms with Crippen molar-refractivity contribution in [2.45, 2.75) is 33.7 Å². The molecule has 6 nitrogen and oxygen atoms in total. The highest BCUT2D eigenvalue weighted by molar-refractivity contribution is 5.64. The van der Waals surface area contributed by atoms with E-state index >= 15 is 0 Å². The Labute approximate surface area is 148 Å². The van der Waals surface area contributed by atoms with Crippen LogP contribution in [0.4, 0.5) is 11.5 Å². The minimum atomic E-state index is -0.204. The number of methoxy groups -OCH3 is 2. The van der Waals surface area contributed by atoms with Crippen molar-refractivity contribution in [3.63, 3.8) is 0 Å². The summed E-state index contributed by atoms with van der Waals surface area (Å²) >= 11 is 0. The number of aryl methyl sites for hydroxylation is 4. The largest absolute Gasteiger partial charge is 0.382 e. The summed E-state index contributed by atoms with van der Waals surface area (Å²) in [5, 5.41) is 3.23. The number of anilines is 2. The fourth-order valence-corrected chi connectivity index (χ4v) is 3.08. The van der Waals surface area contributed by atoms with Crippen LogP contribution < -0.4 is 10.9 Å². The third-order valence-corrected chi connectivity index (χ3v) is 4.08. The van der Waals surface area contributed by atoms with Crippen LogP contribution in [0.15, 0.2) is 23.1 Å². The Kier molecular flexibility index (Phi) is 6.33. The first-order valence-electron chi connectivity index (χ1n) is 8.30. The highest BCUT2D eigenvalue weighted by atomic mass is 16.5. The number of nitrogens with one attached hydrogen (secondary N) is 1. The van der Waals surface area contributed by atoms with E-state index in [1.54, 1.807) is 25.0 Å². The van der Waals surface area contributed by atoms with Gasteiger partial charge in [-0.3, -0.25) is 4.79 Å². The summed E-state index contributed by atoms with van der Waals surface area (Å²) in [5.74, 6) is 0.312. The average Bonchev–Trinajstić information content (AvgIpc) is 2.53. The molecule has 0 fully saturated rings. The topological polar surface area (TPSA) is 65.4 Å². The van der Waals surface area contributed by atoms with Gasteiger partial charge in [0.25, 0.3) is 5.56 Å². The smallest absolute Gasteiger partial charge is 0.294 e. The first-order chi connectivity index (χ1) is 11.9. The van der Waals surface area contributed by atoms with Crippen LogP contribution in [0.3, 0.4) is 0 Å². The van der Waals surface area contributed by atoms with Crippen LogP contribution in [-0.2, 0) is 9.47 Å². The maximum absolute atomic E-state index is 12.9. The van der Waals surface area contributed by atoms with Crippen LogP contribution in [0, 0.1) is 27.7 Å². The first-order valence-corrected chi connectivity index (χ1v) is 8.30. The summed E-state index contributed by atoms with van der Waals surface area (Å²) in [6.07, 6.45) is 1.74. The molecular weight excluding hydrogens is 318 g/mol. The van der Waals surface area contributed by atoms with E-state index in [-0.39, 0.29) is 11.6 Å². The number of nitrogens with zero attached hydrogens (tertiary/aromatic N) is 2. The number of hydrogen-bond acceptors (Lipinski definition) is 5. The number of rotatable bonds is 7. The standard InChI is InChI=1S/C19H27N3O3/c1-12-7-13(2)17(14(3)8-12)21-18-19(23)22(9-15(4)20-18)16(10-24-5)11-25-6/h7-9,16H,10-11H2,1-6H3,(H,20,21). The molecule has 6 heteroatoms. The lowest BCUT2D eigenvalue weighted by Gasteiger charge is -2.20. The van der Waals surface area contributed by atoms with E-state index in [0.717, 1.165) is 22.5 Å². The maximum atomic E-state index is 12.9. The predicted octanol–water partition coefficient (Wildman–Crippen LogP) is 3.05. The van der Waals surface area contributed by atoms with Crippen molar-refractivity contribution in [3.05, 3.63) is 51.1 Å². The van der Waals surface area contributed by atoms with Gasteiger partial charge in [-0.2, -0.15) is 0 Å². The molecule has 2 aromatic rings. The van der Waals surface area contributed by atoms with Gasteiger partial charge in [-0.25, -0.2) is 4.98 Å². The molecule has 0 aliphatic carbocycles. The average molecular weight is 345 g/mol. The molecule has 0 radical (unpaired) electrons. The Hall–Kier alpha value is -2.18. The highest BCUT2D eigenvalue weighted by Crippen LogP contribution is 2.24. The van der Waals surface area contributed by atoms with E-state index in [1.807, 2.05) is 20.8 Å². The lowest BCUT2D eigenvalue weighted by atomic mass is 10.1. The monoisotopic (exact) mass is 345 g/mol. The van der Waals surface area contributed by atoms with E-state index in [0.29, 0.717) is 19.0 Å². The summed E-state index contributed by atoms with van der Waals surface area (Å²) < 4.78 is 12.1. The van der Waals surface area contributed by atoms with Crippen LogP contribution in [-0.4, -0.2) is 37.0 Å². The summed E-state index contributed by atoms with van der Waals surface area (Å²) in [7, 11) is 3.22. The molecule has 2 rings (SSSR count). The fourth-order valence-electron chi connectivity index (χ4n) is 3.08. The Morgan fingerprint density at radius 1 is 1.08 bits per heavy atom. The van der Waals surface area contributed by atoms with Crippen molar-refractivity contribution in [2.24, 2.45) is 0 Å². The Bertz CT molecular complexity index is 770. The van der Waals surface area contributed by atoms with Gasteiger partial charge in [0.1, 0.15) is 0 Å². The first kappa shape index (κ1) is 19.1. The van der Waals surface area contributed by atoms with E-state index in [9.17, 15) is 4.79 Å². The van der Waals surface area contributed by atoms with Crippen LogP contribution in [0.25, 0.3) is 0 Å². The van der Waals surface area contributed by atoms with Gasteiger partial charge >= 0.3 is 0 Å². The SMILES string of the molecule is COCC(COC)n1cc(C)nc(Nc2c(C)cc(C)cc2C)c1=O. The second-order valence-corrected chi connectivity index (χ2v) is 6.41. The third kappa shape index (κ3) is 4.46. The summed E-state index contributed by atoms with van der Waals surface area (Å²) in [4.78, 5) is 17.3. The number of benzene rings is 1. The van der Waals surface area contributed by atoms with Crippen molar-refractivity contribution in [1.82, 2.24) is 9.55 Å². The lowest BCUT2D eigenvalue weighted by Crippen LogP contribution is -2.32. The highest BCUT2D eigenvalue weighted by Gasteiger charge is 2.17. The Morgan fingerprint density at radius 3 is 2.16 bits per heavy atom. The van der Waals surface area contributed by atoms with Crippen LogP contribution in [0.2, 0.25) is 0 Å². The molecule has 136 valence electrons. The molecule has 0 saturated carbocycles. The zero-order valence-corrected chi connectivity index (χ0v) is 15.8. The molecule has 0 aliphatic heterocycles. The summed E-state index contributed by atoms with van der Waals surface area (Å²) in [6, 6.07) is 3.97. The van der Waals surface area contributed by atoms with Crippen LogP contribution in [0.5, 0.6) is 0 Å². The van der Waals surface area contributed by atoms with E-state index in [1.165, 1.54) is 5.56 Å². The molecule has 1 aromatic carbocycles. The molecule has 0 unspecified atom stereocenters. The summed E-state index contributed by atoms with van der Waals surface area (Å²) in [6.45, 7) is 8.75. The van der Waals surface area contributed by atoms with Crippen molar-refractivity contribution < 1.29 is 9.47 Å². The van der Waals surface area contributed by atoms with Gasteiger partial charge in [0.15, 0.2) is 5.82 Å². The van der Waals surface area contributed by atoms with Gasteiger partial charge in [0.2, 0.25) is 0 Å². The minimum Gasteiger partial charge on any atom is -0.382 e. The quantitative estimate of drug-likeness (QED) is 0.835. The van der Waals surface area contributed by atoms with Crippen molar-refractivity contribution in [1.29, 1.82) is 0 Å². The van der Waals surface area contributed by atoms with Crippen LogP contribution in [0.1, 0.15) is 28.4 Å². The van der Waals surface area contributed by atoms with Gasteiger partial charge in [-0.15, -0.1) is 0 Å². The van der Waals surface area contributed by atoms with Crippen molar-refractivity contribution >= 4 is 11.5 Å². The summed E-state index contributed by atoms with van der Waals surface area (Å²) in [5.41, 5.74) is 4.83. The Morgan fingerprint density at radius 2 is 1.64 bits per heavy atom. The Balaban J connectivity index is 2.48. The van der Waals surface area contributed by atoms with E-state index in [4.69, 9.17) is 9.47 Å².